The zero-order valence-corrected chi connectivity index (χ0v) is 12.3. The van der Waals surface area contributed by atoms with Crippen LogP contribution in [-0.4, -0.2) is 47.8 Å². The highest BCUT2D eigenvalue weighted by Crippen LogP contribution is 2.21. The fourth-order valence-corrected chi connectivity index (χ4v) is 2.52. The van der Waals surface area contributed by atoms with E-state index in [0.29, 0.717) is 10.8 Å². The molecular weight excluding hydrogens is 308 g/mol. The first kappa shape index (κ1) is 17.2. The molecule has 0 aliphatic heterocycles. The maximum atomic E-state index is 12.3. The Balaban J connectivity index is 2.38. The van der Waals surface area contributed by atoms with Crippen LogP contribution in [-0.2, 0) is 4.79 Å². The summed E-state index contributed by atoms with van der Waals surface area (Å²) < 4.78 is 24.6. The molecule has 0 bridgehead atoms. The van der Waals surface area contributed by atoms with Crippen LogP contribution in [0.3, 0.4) is 0 Å². The molecular formula is C13H16ClF2NO2S. The molecule has 0 saturated carbocycles. The van der Waals surface area contributed by atoms with Gasteiger partial charge in [0.2, 0.25) is 5.91 Å². The second-order valence-electron chi connectivity index (χ2n) is 4.01. The number of alkyl halides is 2. The number of carbonyl (C=O) groups is 1. The molecule has 1 aromatic carbocycles. The average Bonchev–Trinajstić information content (AvgIpc) is 2.40. The lowest BCUT2D eigenvalue weighted by Gasteiger charge is -2.21. The SMILES string of the molecule is O=C(CCSc1ccc(Cl)cc1)N(CCO)CC(F)F. The maximum absolute atomic E-state index is 12.3. The van der Waals surface area contributed by atoms with Crippen LogP contribution in [0.4, 0.5) is 8.78 Å². The number of rotatable bonds is 8. The standard InChI is InChI=1S/C13H16ClF2NO2S/c14-10-1-3-11(4-2-10)20-8-5-13(19)17(6-7-18)9-12(15)16/h1-4,12,18H,5-9H2. The van der Waals surface area contributed by atoms with Gasteiger partial charge in [-0.3, -0.25) is 4.79 Å². The zero-order valence-electron chi connectivity index (χ0n) is 10.8. The summed E-state index contributed by atoms with van der Waals surface area (Å²) in [6.07, 6.45) is -2.44. The smallest absolute Gasteiger partial charge is 0.255 e. The van der Waals surface area contributed by atoms with Crippen LogP contribution >= 0.6 is 23.4 Å². The van der Waals surface area contributed by atoms with Gasteiger partial charge in [-0.25, -0.2) is 8.78 Å². The van der Waals surface area contributed by atoms with Crippen molar-refractivity contribution in [3.8, 4) is 0 Å². The molecule has 0 radical (unpaired) electrons. The van der Waals surface area contributed by atoms with Crippen LogP contribution in [0.25, 0.3) is 0 Å². The van der Waals surface area contributed by atoms with Crippen LogP contribution in [0.15, 0.2) is 29.2 Å². The second kappa shape index (κ2) is 9.15. The fraction of sp³-hybridized carbons (Fsp3) is 0.462. The van der Waals surface area contributed by atoms with E-state index in [9.17, 15) is 13.6 Å². The number of benzene rings is 1. The molecule has 1 amide bonds. The van der Waals surface area contributed by atoms with Gasteiger partial charge in [0.15, 0.2) is 0 Å². The molecule has 0 aliphatic carbocycles. The molecule has 0 aromatic heterocycles. The minimum absolute atomic E-state index is 0.0607. The maximum Gasteiger partial charge on any atom is 0.255 e. The number of halogens is 3. The van der Waals surface area contributed by atoms with Gasteiger partial charge in [-0.2, -0.15) is 0 Å². The molecule has 0 saturated heterocycles. The molecule has 112 valence electrons. The Morgan fingerprint density at radius 3 is 2.55 bits per heavy atom. The lowest BCUT2D eigenvalue weighted by molar-refractivity contribution is -0.133. The van der Waals surface area contributed by atoms with Gasteiger partial charge in [0.1, 0.15) is 0 Å². The lowest BCUT2D eigenvalue weighted by Crippen LogP contribution is -2.37. The molecule has 1 rings (SSSR count). The predicted octanol–water partition coefficient (Wildman–Crippen LogP) is 2.91. The summed E-state index contributed by atoms with van der Waals surface area (Å²) in [6.45, 7) is -1.01. The fourth-order valence-electron chi connectivity index (χ4n) is 1.55. The average molecular weight is 324 g/mol. The first-order valence-electron chi connectivity index (χ1n) is 6.08. The minimum Gasteiger partial charge on any atom is -0.395 e. The molecule has 7 heteroatoms. The number of hydrogen-bond acceptors (Lipinski definition) is 3. The Bertz CT molecular complexity index is 417. The summed E-state index contributed by atoms with van der Waals surface area (Å²) in [7, 11) is 0. The van der Waals surface area contributed by atoms with Crippen LogP contribution in [0.5, 0.6) is 0 Å². The number of aliphatic hydroxyl groups excluding tert-OH is 1. The summed E-state index contributed by atoms with van der Waals surface area (Å²) in [5, 5.41) is 9.41. The van der Waals surface area contributed by atoms with Gasteiger partial charge >= 0.3 is 0 Å². The minimum atomic E-state index is -2.59. The first-order valence-corrected chi connectivity index (χ1v) is 7.44. The lowest BCUT2D eigenvalue weighted by atomic mass is 10.3. The highest BCUT2D eigenvalue weighted by atomic mass is 35.5. The van der Waals surface area contributed by atoms with Crippen LogP contribution in [0.2, 0.25) is 5.02 Å². The summed E-state index contributed by atoms with van der Waals surface area (Å²) in [5.41, 5.74) is 0. The van der Waals surface area contributed by atoms with Crippen molar-refractivity contribution in [2.24, 2.45) is 0 Å². The van der Waals surface area contributed by atoms with Crippen molar-refractivity contribution in [3.05, 3.63) is 29.3 Å². The van der Waals surface area contributed by atoms with Gasteiger partial charge in [0.05, 0.1) is 13.2 Å². The van der Waals surface area contributed by atoms with Gasteiger partial charge in [0.25, 0.3) is 6.43 Å². The molecule has 0 spiro atoms. The number of thioether (sulfide) groups is 1. The zero-order chi connectivity index (χ0) is 15.0. The van der Waals surface area contributed by atoms with E-state index >= 15 is 0 Å². The normalized spacial score (nSPS) is 10.8. The van der Waals surface area contributed by atoms with E-state index in [1.54, 1.807) is 12.1 Å². The molecule has 20 heavy (non-hydrogen) atoms. The van der Waals surface area contributed by atoms with Gasteiger partial charge in [-0.15, -0.1) is 11.8 Å². The van der Waals surface area contributed by atoms with Gasteiger partial charge in [-0.1, -0.05) is 11.6 Å². The summed E-state index contributed by atoms with van der Waals surface area (Å²) >= 11 is 7.21. The van der Waals surface area contributed by atoms with E-state index in [1.807, 2.05) is 12.1 Å². The van der Waals surface area contributed by atoms with Crippen LogP contribution in [0.1, 0.15) is 6.42 Å². The Morgan fingerprint density at radius 1 is 1.35 bits per heavy atom. The Hall–Kier alpha value is -0.850. The highest BCUT2D eigenvalue weighted by Gasteiger charge is 2.17. The molecule has 0 heterocycles. The molecule has 0 unspecified atom stereocenters. The molecule has 3 nitrogen and oxygen atoms in total. The number of carbonyl (C=O) groups excluding carboxylic acids is 1. The van der Waals surface area contributed by atoms with E-state index in [4.69, 9.17) is 16.7 Å². The van der Waals surface area contributed by atoms with Gasteiger partial charge in [-0.05, 0) is 24.3 Å². The third kappa shape index (κ3) is 6.54. The van der Waals surface area contributed by atoms with Crippen LogP contribution in [0, 0.1) is 0 Å². The van der Waals surface area contributed by atoms with E-state index in [2.05, 4.69) is 0 Å². The summed E-state index contributed by atoms with van der Waals surface area (Å²) in [4.78, 5) is 13.7. The molecule has 1 N–H and O–H groups in total. The van der Waals surface area contributed by atoms with Crippen LogP contribution < -0.4 is 0 Å². The monoisotopic (exact) mass is 323 g/mol. The predicted molar refractivity (Wildman–Crippen MR) is 76.5 cm³/mol. The van der Waals surface area contributed by atoms with E-state index in [-0.39, 0.29) is 25.5 Å². The topological polar surface area (TPSA) is 40.5 Å². The van der Waals surface area contributed by atoms with Crippen molar-refractivity contribution in [2.45, 2.75) is 17.7 Å². The molecule has 0 atom stereocenters. The largest absolute Gasteiger partial charge is 0.395 e. The number of hydrogen-bond donors (Lipinski definition) is 1. The number of nitrogens with zero attached hydrogens (tertiary/aromatic N) is 1. The molecule has 1 aromatic rings. The van der Waals surface area contributed by atoms with E-state index in [1.165, 1.54) is 11.8 Å². The quantitative estimate of drug-likeness (QED) is 0.748. The Morgan fingerprint density at radius 2 is 2.00 bits per heavy atom. The van der Waals surface area contributed by atoms with Crippen molar-refractivity contribution in [1.29, 1.82) is 0 Å². The van der Waals surface area contributed by atoms with Gasteiger partial charge < -0.3 is 10.0 Å². The Labute approximate surface area is 125 Å². The van der Waals surface area contributed by atoms with Crippen molar-refractivity contribution >= 4 is 29.3 Å². The third-order valence-electron chi connectivity index (χ3n) is 2.48. The Kier molecular flexibility index (Phi) is 7.87. The van der Waals surface area contributed by atoms with Gasteiger partial charge in [0, 0.05) is 28.6 Å². The van der Waals surface area contributed by atoms with E-state index < -0.39 is 13.0 Å². The third-order valence-corrected chi connectivity index (χ3v) is 3.75. The van der Waals surface area contributed by atoms with Crippen molar-refractivity contribution in [3.63, 3.8) is 0 Å². The van der Waals surface area contributed by atoms with Crippen molar-refractivity contribution < 1.29 is 18.7 Å². The second-order valence-corrected chi connectivity index (χ2v) is 5.61. The van der Waals surface area contributed by atoms with Crippen molar-refractivity contribution in [1.82, 2.24) is 4.90 Å². The summed E-state index contributed by atoms with van der Waals surface area (Å²) in [6, 6.07) is 7.17. The van der Waals surface area contributed by atoms with Crippen molar-refractivity contribution in [2.75, 3.05) is 25.4 Å². The number of amides is 1. The number of aliphatic hydroxyl groups is 1. The summed E-state index contributed by atoms with van der Waals surface area (Å²) in [5.74, 6) is 0.117. The van der Waals surface area contributed by atoms with E-state index in [0.717, 1.165) is 9.80 Å². The molecule has 0 aliphatic rings. The first-order chi connectivity index (χ1) is 9.52. The molecule has 0 fully saturated rings. The highest BCUT2D eigenvalue weighted by molar-refractivity contribution is 7.99.